The molecule has 0 amide bonds. The molecular formula is C17H19ClFNO. The highest BCUT2D eigenvalue weighted by molar-refractivity contribution is 6.31. The Morgan fingerprint density at radius 1 is 1.24 bits per heavy atom. The van der Waals surface area contributed by atoms with Gasteiger partial charge in [-0.15, -0.1) is 0 Å². The number of hydrogen-bond donors (Lipinski definition) is 1. The molecule has 0 aliphatic heterocycles. The Morgan fingerprint density at radius 3 is 2.62 bits per heavy atom. The summed E-state index contributed by atoms with van der Waals surface area (Å²) >= 11 is 6.15. The van der Waals surface area contributed by atoms with Crippen LogP contribution in [0.5, 0.6) is 5.75 Å². The number of nitrogens with one attached hydrogen (secondary N) is 1. The van der Waals surface area contributed by atoms with E-state index in [9.17, 15) is 4.39 Å². The Bertz CT molecular complexity index is 630. The summed E-state index contributed by atoms with van der Waals surface area (Å²) in [5, 5.41) is 3.84. The van der Waals surface area contributed by atoms with Crippen molar-refractivity contribution in [1.29, 1.82) is 0 Å². The van der Waals surface area contributed by atoms with E-state index in [0.717, 1.165) is 22.4 Å². The third-order valence-corrected chi connectivity index (χ3v) is 3.97. The minimum Gasteiger partial charge on any atom is -0.496 e. The zero-order valence-electron chi connectivity index (χ0n) is 12.4. The lowest BCUT2D eigenvalue weighted by Crippen LogP contribution is -2.19. The quantitative estimate of drug-likeness (QED) is 0.889. The van der Waals surface area contributed by atoms with Gasteiger partial charge in [0.15, 0.2) is 0 Å². The number of methoxy groups -OCH3 is 1. The summed E-state index contributed by atoms with van der Waals surface area (Å²) in [6.45, 7) is 2.00. The van der Waals surface area contributed by atoms with Crippen molar-refractivity contribution in [2.75, 3.05) is 14.2 Å². The summed E-state index contributed by atoms with van der Waals surface area (Å²) in [6.07, 6.45) is 0.624. The summed E-state index contributed by atoms with van der Waals surface area (Å²) in [5.74, 6) is 0.590. The molecule has 2 rings (SSSR count). The Labute approximate surface area is 129 Å². The van der Waals surface area contributed by atoms with Crippen LogP contribution in [-0.4, -0.2) is 14.2 Å². The summed E-state index contributed by atoms with van der Waals surface area (Å²) in [4.78, 5) is 0. The summed E-state index contributed by atoms with van der Waals surface area (Å²) in [5.41, 5.74) is 2.99. The molecule has 0 aliphatic rings. The molecule has 1 N–H and O–H groups in total. The number of rotatable bonds is 5. The van der Waals surface area contributed by atoms with E-state index in [-0.39, 0.29) is 11.9 Å². The van der Waals surface area contributed by atoms with Crippen LogP contribution in [0.1, 0.15) is 22.7 Å². The molecule has 112 valence electrons. The molecule has 0 spiro atoms. The molecule has 0 aromatic heterocycles. The summed E-state index contributed by atoms with van der Waals surface area (Å²) in [7, 11) is 3.54. The Hall–Kier alpha value is -1.58. The van der Waals surface area contributed by atoms with Gasteiger partial charge in [0, 0.05) is 11.1 Å². The number of aryl methyl sites for hydroxylation is 1. The van der Waals surface area contributed by atoms with Gasteiger partial charge in [-0.2, -0.15) is 0 Å². The fourth-order valence-electron chi connectivity index (χ4n) is 2.42. The average Bonchev–Trinajstić information content (AvgIpc) is 2.48. The Balaban J connectivity index is 2.27. The van der Waals surface area contributed by atoms with Crippen LogP contribution in [0.15, 0.2) is 36.4 Å². The molecule has 0 aliphatic carbocycles. The maximum atomic E-state index is 13.4. The van der Waals surface area contributed by atoms with Crippen LogP contribution in [0, 0.1) is 12.7 Å². The van der Waals surface area contributed by atoms with E-state index in [1.807, 2.05) is 26.1 Å². The largest absolute Gasteiger partial charge is 0.496 e. The maximum absolute atomic E-state index is 13.4. The van der Waals surface area contributed by atoms with E-state index in [4.69, 9.17) is 16.3 Å². The molecule has 21 heavy (non-hydrogen) atoms. The molecular weight excluding hydrogens is 289 g/mol. The molecule has 0 saturated heterocycles. The first kappa shape index (κ1) is 15.8. The average molecular weight is 308 g/mol. The predicted molar refractivity (Wildman–Crippen MR) is 84.6 cm³/mol. The molecule has 1 unspecified atom stereocenters. The van der Waals surface area contributed by atoms with Crippen LogP contribution in [0.4, 0.5) is 4.39 Å². The highest BCUT2D eigenvalue weighted by atomic mass is 35.5. The smallest absolute Gasteiger partial charge is 0.123 e. The zero-order chi connectivity index (χ0) is 15.4. The molecule has 2 aromatic carbocycles. The fraction of sp³-hybridized carbons (Fsp3) is 0.294. The van der Waals surface area contributed by atoms with Crippen molar-refractivity contribution >= 4 is 11.6 Å². The van der Waals surface area contributed by atoms with Gasteiger partial charge < -0.3 is 10.1 Å². The van der Waals surface area contributed by atoms with Crippen LogP contribution in [-0.2, 0) is 6.42 Å². The van der Waals surface area contributed by atoms with E-state index in [1.54, 1.807) is 13.2 Å². The topological polar surface area (TPSA) is 21.3 Å². The van der Waals surface area contributed by atoms with E-state index in [0.29, 0.717) is 11.4 Å². The van der Waals surface area contributed by atoms with Crippen molar-refractivity contribution in [3.05, 3.63) is 63.9 Å². The molecule has 2 aromatic rings. The molecule has 4 heteroatoms. The van der Waals surface area contributed by atoms with Gasteiger partial charge in [-0.1, -0.05) is 23.7 Å². The number of hydrogen-bond acceptors (Lipinski definition) is 2. The SMILES string of the molecule is CNC(Cc1cc(F)ccc1Cl)c1ccc(OC)c(C)c1. The lowest BCUT2D eigenvalue weighted by molar-refractivity contribution is 0.411. The first-order valence-corrected chi connectivity index (χ1v) is 7.18. The second-order valence-corrected chi connectivity index (χ2v) is 5.42. The molecule has 0 bridgehead atoms. The Morgan fingerprint density at radius 2 is 2.00 bits per heavy atom. The summed E-state index contributed by atoms with van der Waals surface area (Å²) < 4.78 is 18.6. The molecule has 0 saturated carbocycles. The number of benzene rings is 2. The van der Waals surface area contributed by atoms with Crippen LogP contribution >= 0.6 is 11.6 Å². The van der Waals surface area contributed by atoms with Gasteiger partial charge in [-0.25, -0.2) is 4.39 Å². The molecule has 0 fully saturated rings. The number of likely N-dealkylation sites (N-methyl/N-ethyl adjacent to an activating group) is 1. The van der Waals surface area contributed by atoms with E-state index >= 15 is 0 Å². The van der Waals surface area contributed by atoms with Crippen LogP contribution < -0.4 is 10.1 Å². The summed E-state index contributed by atoms with van der Waals surface area (Å²) in [6, 6.07) is 10.6. The first-order chi connectivity index (χ1) is 10.0. The number of ether oxygens (including phenoxy) is 1. The van der Waals surface area contributed by atoms with Crippen molar-refractivity contribution in [3.8, 4) is 5.75 Å². The lowest BCUT2D eigenvalue weighted by atomic mass is 9.97. The van der Waals surface area contributed by atoms with Crippen molar-refractivity contribution in [1.82, 2.24) is 5.32 Å². The van der Waals surface area contributed by atoms with Gasteiger partial charge in [-0.3, -0.25) is 0 Å². The highest BCUT2D eigenvalue weighted by Crippen LogP contribution is 2.27. The lowest BCUT2D eigenvalue weighted by Gasteiger charge is -2.19. The van der Waals surface area contributed by atoms with Gasteiger partial charge in [0.2, 0.25) is 0 Å². The maximum Gasteiger partial charge on any atom is 0.123 e. The van der Waals surface area contributed by atoms with E-state index in [1.165, 1.54) is 12.1 Å². The molecule has 0 radical (unpaired) electrons. The van der Waals surface area contributed by atoms with Gasteiger partial charge in [-0.05, 0) is 61.3 Å². The predicted octanol–water partition coefficient (Wildman–Crippen LogP) is 4.30. The minimum absolute atomic E-state index is 0.0638. The third kappa shape index (κ3) is 3.74. The van der Waals surface area contributed by atoms with Gasteiger partial charge in [0.1, 0.15) is 11.6 Å². The third-order valence-electron chi connectivity index (χ3n) is 3.60. The van der Waals surface area contributed by atoms with Gasteiger partial charge in [0.25, 0.3) is 0 Å². The Kier molecular flexibility index (Phi) is 5.21. The fourth-order valence-corrected chi connectivity index (χ4v) is 2.62. The molecule has 0 heterocycles. The van der Waals surface area contributed by atoms with E-state index in [2.05, 4.69) is 11.4 Å². The molecule has 2 nitrogen and oxygen atoms in total. The second-order valence-electron chi connectivity index (χ2n) is 5.01. The van der Waals surface area contributed by atoms with Crippen molar-refractivity contribution in [3.63, 3.8) is 0 Å². The zero-order valence-corrected chi connectivity index (χ0v) is 13.2. The number of halogens is 2. The second kappa shape index (κ2) is 6.92. The van der Waals surface area contributed by atoms with E-state index < -0.39 is 0 Å². The monoisotopic (exact) mass is 307 g/mol. The van der Waals surface area contributed by atoms with Gasteiger partial charge >= 0.3 is 0 Å². The van der Waals surface area contributed by atoms with Crippen molar-refractivity contribution in [2.24, 2.45) is 0 Å². The van der Waals surface area contributed by atoms with Crippen molar-refractivity contribution in [2.45, 2.75) is 19.4 Å². The molecule has 1 atom stereocenters. The normalized spacial score (nSPS) is 12.2. The standard InChI is InChI=1S/C17H19ClFNO/c1-11-8-12(4-7-17(11)21-3)16(20-2)10-13-9-14(19)5-6-15(13)18/h4-9,16,20H,10H2,1-3H3. The van der Waals surface area contributed by atoms with Crippen molar-refractivity contribution < 1.29 is 9.13 Å². The highest BCUT2D eigenvalue weighted by Gasteiger charge is 2.14. The van der Waals surface area contributed by atoms with Crippen LogP contribution in [0.25, 0.3) is 0 Å². The minimum atomic E-state index is -0.268. The first-order valence-electron chi connectivity index (χ1n) is 6.81. The van der Waals surface area contributed by atoms with Crippen LogP contribution in [0.2, 0.25) is 5.02 Å². The van der Waals surface area contributed by atoms with Crippen LogP contribution in [0.3, 0.4) is 0 Å². The van der Waals surface area contributed by atoms with Gasteiger partial charge in [0.05, 0.1) is 7.11 Å².